The van der Waals surface area contributed by atoms with Crippen molar-refractivity contribution in [3.8, 4) is 17.0 Å². The topological polar surface area (TPSA) is 73.6 Å². The van der Waals surface area contributed by atoms with Crippen molar-refractivity contribution >= 4 is 10.8 Å². The summed E-state index contributed by atoms with van der Waals surface area (Å²) in [5.41, 5.74) is 3.87. The zero-order valence-corrected chi connectivity index (χ0v) is 12.2. The van der Waals surface area contributed by atoms with E-state index in [-0.39, 0.29) is 19.0 Å². The molecule has 1 heterocycles. The lowest BCUT2D eigenvalue weighted by atomic mass is 9.99. The zero-order valence-electron chi connectivity index (χ0n) is 12.2. The normalized spacial score (nSPS) is 11.0. The van der Waals surface area contributed by atoms with Crippen molar-refractivity contribution in [2.45, 2.75) is 20.1 Å². The molecule has 3 aromatic rings. The Kier molecular flexibility index (Phi) is 3.79. The lowest BCUT2D eigenvalue weighted by Crippen LogP contribution is -1.97. The van der Waals surface area contributed by atoms with Gasteiger partial charge in [0.15, 0.2) is 0 Å². The molecule has 4 nitrogen and oxygen atoms in total. The van der Waals surface area contributed by atoms with Gasteiger partial charge in [0.1, 0.15) is 5.75 Å². The van der Waals surface area contributed by atoms with Crippen LogP contribution in [0.1, 0.15) is 16.8 Å². The fourth-order valence-corrected chi connectivity index (χ4v) is 2.67. The maximum absolute atomic E-state index is 9.62. The third kappa shape index (κ3) is 2.54. The van der Waals surface area contributed by atoms with Gasteiger partial charge in [0.2, 0.25) is 0 Å². The molecule has 22 heavy (non-hydrogen) atoms. The van der Waals surface area contributed by atoms with E-state index >= 15 is 0 Å². The average molecular weight is 295 g/mol. The maximum atomic E-state index is 9.62. The second-order valence-electron chi connectivity index (χ2n) is 5.30. The fourth-order valence-electron chi connectivity index (χ4n) is 2.67. The number of aliphatic hydroxyl groups is 2. The molecule has 112 valence electrons. The number of nitrogens with zero attached hydrogens (tertiary/aromatic N) is 1. The van der Waals surface area contributed by atoms with E-state index in [1.54, 1.807) is 18.2 Å². The van der Waals surface area contributed by atoms with Crippen molar-refractivity contribution in [3.05, 3.63) is 59.3 Å². The first-order valence-corrected chi connectivity index (χ1v) is 7.06. The number of phenolic OH excluding ortho intramolecular Hbond substituents is 1. The summed E-state index contributed by atoms with van der Waals surface area (Å²) in [6.07, 6.45) is 0. The van der Waals surface area contributed by atoms with Gasteiger partial charge in [-0.2, -0.15) is 0 Å². The first-order chi connectivity index (χ1) is 10.6. The van der Waals surface area contributed by atoms with Gasteiger partial charge in [-0.3, -0.25) is 4.98 Å². The van der Waals surface area contributed by atoms with Gasteiger partial charge in [-0.1, -0.05) is 12.1 Å². The number of rotatable bonds is 3. The zero-order chi connectivity index (χ0) is 15.7. The highest BCUT2D eigenvalue weighted by molar-refractivity contribution is 5.89. The molecule has 0 radical (unpaired) electrons. The molecule has 0 saturated carbocycles. The Labute approximate surface area is 128 Å². The van der Waals surface area contributed by atoms with Gasteiger partial charge >= 0.3 is 0 Å². The van der Waals surface area contributed by atoms with Crippen LogP contribution in [0.5, 0.6) is 5.75 Å². The molecule has 0 unspecified atom stereocenters. The van der Waals surface area contributed by atoms with E-state index < -0.39 is 0 Å². The van der Waals surface area contributed by atoms with Crippen molar-refractivity contribution in [1.29, 1.82) is 0 Å². The van der Waals surface area contributed by atoms with E-state index in [4.69, 9.17) is 0 Å². The quantitative estimate of drug-likeness (QED) is 0.694. The third-order valence-corrected chi connectivity index (χ3v) is 3.82. The van der Waals surface area contributed by atoms with Gasteiger partial charge in [-0.05, 0) is 53.8 Å². The number of aromatic hydroxyl groups is 1. The molecule has 0 saturated heterocycles. The number of aryl methyl sites for hydroxylation is 1. The van der Waals surface area contributed by atoms with Crippen molar-refractivity contribution in [2.75, 3.05) is 0 Å². The Morgan fingerprint density at radius 1 is 0.955 bits per heavy atom. The van der Waals surface area contributed by atoms with E-state index in [0.29, 0.717) is 11.1 Å². The monoisotopic (exact) mass is 295 g/mol. The van der Waals surface area contributed by atoms with Crippen molar-refractivity contribution < 1.29 is 15.3 Å². The smallest absolute Gasteiger partial charge is 0.116 e. The first kappa shape index (κ1) is 14.5. The first-order valence-electron chi connectivity index (χ1n) is 7.06. The summed E-state index contributed by atoms with van der Waals surface area (Å²) < 4.78 is 0. The van der Waals surface area contributed by atoms with Crippen LogP contribution in [0, 0.1) is 6.92 Å². The predicted molar refractivity (Wildman–Crippen MR) is 85.4 cm³/mol. The Bertz CT molecular complexity index is 843. The van der Waals surface area contributed by atoms with Gasteiger partial charge in [-0.25, -0.2) is 0 Å². The SMILES string of the molecule is Cc1nc(-c2cccc(O)c2)cc2cc(CO)c(CO)cc12. The summed E-state index contributed by atoms with van der Waals surface area (Å²) in [6.45, 7) is 1.68. The number of pyridine rings is 1. The molecular formula is C18H17NO3. The van der Waals surface area contributed by atoms with Gasteiger partial charge < -0.3 is 15.3 Å². The largest absolute Gasteiger partial charge is 0.508 e. The van der Waals surface area contributed by atoms with E-state index in [9.17, 15) is 15.3 Å². The summed E-state index contributed by atoms with van der Waals surface area (Å²) in [5, 5.41) is 30.4. The minimum Gasteiger partial charge on any atom is -0.508 e. The number of hydrogen-bond donors (Lipinski definition) is 3. The molecule has 0 bridgehead atoms. The molecule has 3 N–H and O–H groups in total. The van der Waals surface area contributed by atoms with E-state index in [1.165, 1.54) is 0 Å². The van der Waals surface area contributed by atoms with Crippen LogP contribution in [-0.2, 0) is 13.2 Å². The summed E-state index contributed by atoms with van der Waals surface area (Å²) in [7, 11) is 0. The standard InChI is InChI=1S/C18H17NO3/c1-11-17-7-15(10-21)14(9-20)5-13(17)8-18(19-11)12-3-2-4-16(22)6-12/h2-8,20-22H,9-10H2,1H3. The number of fused-ring (bicyclic) bond motifs is 1. The number of hydrogen-bond acceptors (Lipinski definition) is 4. The van der Waals surface area contributed by atoms with Crippen LogP contribution in [0.2, 0.25) is 0 Å². The van der Waals surface area contributed by atoms with E-state index in [1.807, 2.05) is 31.2 Å². The van der Waals surface area contributed by atoms with Gasteiger partial charge in [0.05, 0.1) is 18.9 Å². The van der Waals surface area contributed by atoms with Crippen molar-refractivity contribution in [2.24, 2.45) is 0 Å². The van der Waals surface area contributed by atoms with E-state index in [0.717, 1.165) is 27.7 Å². The summed E-state index contributed by atoms with van der Waals surface area (Å²) in [6, 6.07) is 12.6. The Morgan fingerprint density at radius 3 is 2.36 bits per heavy atom. The third-order valence-electron chi connectivity index (χ3n) is 3.82. The van der Waals surface area contributed by atoms with Crippen LogP contribution >= 0.6 is 0 Å². The van der Waals surface area contributed by atoms with E-state index in [2.05, 4.69) is 4.98 Å². The highest BCUT2D eigenvalue weighted by atomic mass is 16.3. The molecule has 0 aliphatic heterocycles. The molecule has 3 rings (SSSR count). The average Bonchev–Trinajstić information content (AvgIpc) is 2.53. The molecule has 0 amide bonds. The summed E-state index contributed by atoms with van der Waals surface area (Å²) in [5.74, 6) is 0.198. The Hall–Kier alpha value is -2.43. The van der Waals surface area contributed by atoms with Gasteiger partial charge in [0, 0.05) is 16.6 Å². The number of benzene rings is 2. The Morgan fingerprint density at radius 2 is 1.68 bits per heavy atom. The summed E-state index contributed by atoms with van der Waals surface area (Å²) in [4.78, 5) is 4.59. The van der Waals surface area contributed by atoms with Crippen LogP contribution in [0.15, 0.2) is 42.5 Å². The molecule has 0 fully saturated rings. The van der Waals surface area contributed by atoms with Gasteiger partial charge in [-0.15, -0.1) is 0 Å². The molecule has 4 heteroatoms. The minimum absolute atomic E-state index is 0.112. The lowest BCUT2D eigenvalue weighted by molar-refractivity contribution is 0.260. The lowest BCUT2D eigenvalue weighted by Gasteiger charge is -2.11. The molecule has 0 aliphatic carbocycles. The van der Waals surface area contributed by atoms with Crippen LogP contribution in [0.3, 0.4) is 0 Å². The highest BCUT2D eigenvalue weighted by Gasteiger charge is 2.09. The number of aliphatic hydroxyl groups excluding tert-OH is 2. The van der Waals surface area contributed by atoms with Crippen molar-refractivity contribution in [1.82, 2.24) is 4.98 Å². The highest BCUT2D eigenvalue weighted by Crippen LogP contribution is 2.28. The number of phenols is 1. The van der Waals surface area contributed by atoms with Crippen LogP contribution in [0.4, 0.5) is 0 Å². The summed E-state index contributed by atoms with van der Waals surface area (Å²) >= 11 is 0. The second-order valence-corrected chi connectivity index (χ2v) is 5.30. The van der Waals surface area contributed by atoms with Crippen LogP contribution < -0.4 is 0 Å². The van der Waals surface area contributed by atoms with Crippen LogP contribution in [0.25, 0.3) is 22.0 Å². The molecule has 0 aliphatic rings. The Balaban J connectivity index is 2.23. The molecule has 0 spiro atoms. The molecule has 1 aromatic heterocycles. The molecular weight excluding hydrogens is 278 g/mol. The molecule has 2 aromatic carbocycles. The van der Waals surface area contributed by atoms with Gasteiger partial charge in [0.25, 0.3) is 0 Å². The second kappa shape index (κ2) is 5.75. The fraction of sp³-hybridized carbons (Fsp3) is 0.167. The molecule has 0 atom stereocenters. The predicted octanol–water partition coefficient (Wildman–Crippen LogP) is 2.90. The number of aromatic nitrogens is 1. The maximum Gasteiger partial charge on any atom is 0.116 e. The van der Waals surface area contributed by atoms with Crippen LogP contribution in [-0.4, -0.2) is 20.3 Å². The minimum atomic E-state index is -0.116. The van der Waals surface area contributed by atoms with Crippen molar-refractivity contribution in [3.63, 3.8) is 0 Å².